The standard InChI is InChI=1S/C17H17F4N3O2/c1-8(2)15(10-4-5-11(12(18)6-10)17(19,20)21)24-16(26)13-7-14(25)23-9(3)22-13/h4-8,15H,1-3H3,(H,24,26)(H,22,23,25)/t15-/m1/s1. The van der Waals surface area contributed by atoms with Crippen molar-refractivity contribution >= 4 is 5.91 Å². The number of nitrogens with zero attached hydrogens (tertiary/aromatic N) is 1. The second-order valence-electron chi connectivity index (χ2n) is 6.15. The highest BCUT2D eigenvalue weighted by atomic mass is 19.4. The van der Waals surface area contributed by atoms with Crippen LogP contribution < -0.4 is 10.9 Å². The molecular formula is C17H17F4N3O2. The van der Waals surface area contributed by atoms with Gasteiger partial charge in [0.05, 0.1) is 11.6 Å². The monoisotopic (exact) mass is 371 g/mol. The number of alkyl halides is 3. The van der Waals surface area contributed by atoms with E-state index in [9.17, 15) is 27.2 Å². The predicted molar refractivity (Wildman–Crippen MR) is 86.0 cm³/mol. The quantitative estimate of drug-likeness (QED) is 0.810. The molecule has 0 aliphatic rings. The van der Waals surface area contributed by atoms with Crippen LogP contribution in [-0.2, 0) is 6.18 Å². The maximum atomic E-state index is 13.8. The van der Waals surface area contributed by atoms with Gasteiger partial charge in [0.15, 0.2) is 0 Å². The van der Waals surface area contributed by atoms with Crippen LogP contribution in [0.5, 0.6) is 0 Å². The van der Waals surface area contributed by atoms with E-state index in [1.807, 2.05) is 0 Å². The highest BCUT2D eigenvalue weighted by Crippen LogP contribution is 2.33. The van der Waals surface area contributed by atoms with Gasteiger partial charge in [0.2, 0.25) is 0 Å². The fourth-order valence-electron chi connectivity index (χ4n) is 2.50. The van der Waals surface area contributed by atoms with Gasteiger partial charge in [-0.3, -0.25) is 9.59 Å². The molecule has 0 spiro atoms. The number of benzene rings is 1. The second-order valence-corrected chi connectivity index (χ2v) is 6.15. The minimum Gasteiger partial charge on any atom is -0.344 e. The maximum Gasteiger partial charge on any atom is 0.419 e. The maximum absolute atomic E-state index is 13.8. The number of nitrogens with one attached hydrogen (secondary N) is 2. The largest absolute Gasteiger partial charge is 0.419 e. The molecule has 0 aliphatic carbocycles. The molecule has 9 heteroatoms. The third kappa shape index (κ3) is 4.47. The summed E-state index contributed by atoms with van der Waals surface area (Å²) in [6, 6.07) is 2.76. The van der Waals surface area contributed by atoms with Gasteiger partial charge in [-0.25, -0.2) is 9.37 Å². The minimum atomic E-state index is -4.80. The summed E-state index contributed by atoms with van der Waals surface area (Å²) in [5.41, 5.74) is -1.84. The van der Waals surface area contributed by atoms with Gasteiger partial charge in [-0.15, -0.1) is 0 Å². The number of aromatic amines is 1. The summed E-state index contributed by atoms with van der Waals surface area (Å²) < 4.78 is 51.9. The van der Waals surface area contributed by atoms with Gasteiger partial charge in [0.25, 0.3) is 11.5 Å². The topological polar surface area (TPSA) is 74.8 Å². The average Bonchev–Trinajstić information content (AvgIpc) is 2.49. The molecule has 1 atom stereocenters. The van der Waals surface area contributed by atoms with Crippen molar-refractivity contribution in [1.82, 2.24) is 15.3 Å². The van der Waals surface area contributed by atoms with Gasteiger partial charge < -0.3 is 10.3 Å². The summed E-state index contributed by atoms with van der Waals surface area (Å²) in [6.07, 6.45) is -4.80. The van der Waals surface area contributed by atoms with Crippen molar-refractivity contribution in [2.24, 2.45) is 5.92 Å². The number of aromatic nitrogens is 2. The van der Waals surface area contributed by atoms with E-state index in [-0.39, 0.29) is 23.0 Å². The zero-order valence-electron chi connectivity index (χ0n) is 14.2. The predicted octanol–water partition coefficient (Wildman–Crippen LogP) is 3.36. The number of aryl methyl sites for hydroxylation is 1. The lowest BCUT2D eigenvalue weighted by Crippen LogP contribution is -2.33. The Labute approximate surface area is 146 Å². The third-order valence-corrected chi connectivity index (χ3v) is 3.70. The molecule has 2 rings (SSSR count). The Bertz CT molecular complexity index is 875. The molecular weight excluding hydrogens is 354 g/mol. The summed E-state index contributed by atoms with van der Waals surface area (Å²) in [4.78, 5) is 30.1. The van der Waals surface area contributed by atoms with E-state index in [1.165, 1.54) is 6.92 Å². The van der Waals surface area contributed by atoms with Crippen LogP contribution in [-0.4, -0.2) is 15.9 Å². The summed E-state index contributed by atoms with van der Waals surface area (Å²) in [5.74, 6) is -2.11. The molecule has 1 heterocycles. The molecule has 0 aliphatic heterocycles. The molecule has 1 aromatic heterocycles. The lowest BCUT2D eigenvalue weighted by molar-refractivity contribution is -0.140. The molecule has 1 amide bonds. The zero-order valence-corrected chi connectivity index (χ0v) is 14.2. The summed E-state index contributed by atoms with van der Waals surface area (Å²) in [7, 11) is 0. The van der Waals surface area contributed by atoms with Crippen molar-refractivity contribution < 1.29 is 22.4 Å². The first-order valence-electron chi connectivity index (χ1n) is 7.74. The fraction of sp³-hybridized carbons (Fsp3) is 0.353. The molecule has 0 unspecified atom stereocenters. The van der Waals surface area contributed by atoms with Crippen LogP contribution >= 0.6 is 0 Å². The SMILES string of the molecule is Cc1nc(C(=O)N[C@@H](c2ccc(C(F)(F)F)c(F)c2)C(C)C)cc(=O)[nH]1. The number of halogens is 4. The van der Waals surface area contributed by atoms with Crippen molar-refractivity contribution in [3.05, 3.63) is 63.1 Å². The number of hydrogen-bond acceptors (Lipinski definition) is 3. The Hall–Kier alpha value is -2.71. The Morgan fingerprint density at radius 3 is 2.38 bits per heavy atom. The van der Waals surface area contributed by atoms with E-state index < -0.39 is 35.1 Å². The van der Waals surface area contributed by atoms with Crippen molar-refractivity contribution in [2.75, 3.05) is 0 Å². The smallest absolute Gasteiger partial charge is 0.344 e. The molecule has 26 heavy (non-hydrogen) atoms. The number of amides is 1. The van der Waals surface area contributed by atoms with Crippen LogP contribution in [0.4, 0.5) is 17.6 Å². The molecule has 0 saturated heterocycles. The van der Waals surface area contributed by atoms with Crippen molar-refractivity contribution in [2.45, 2.75) is 33.0 Å². The van der Waals surface area contributed by atoms with Crippen LogP contribution in [0.15, 0.2) is 29.1 Å². The number of carbonyl (C=O) groups excluding carboxylic acids is 1. The molecule has 5 nitrogen and oxygen atoms in total. The van der Waals surface area contributed by atoms with Crippen LogP contribution in [0.25, 0.3) is 0 Å². The Kier molecular flexibility index (Phi) is 5.48. The molecule has 2 N–H and O–H groups in total. The normalized spacial score (nSPS) is 12.9. The lowest BCUT2D eigenvalue weighted by Gasteiger charge is -2.23. The molecule has 1 aromatic carbocycles. The van der Waals surface area contributed by atoms with E-state index in [4.69, 9.17) is 0 Å². The van der Waals surface area contributed by atoms with Crippen molar-refractivity contribution in [1.29, 1.82) is 0 Å². The number of H-pyrrole nitrogens is 1. The Morgan fingerprint density at radius 1 is 1.23 bits per heavy atom. The van der Waals surface area contributed by atoms with Gasteiger partial charge >= 0.3 is 6.18 Å². The molecule has 0 saturated carbocycles. The highest BCUT2D eigenvalue weighted by molar-refractivity contribution is 5.92. The first-order chi connectivity index (χ1) is 12.0. The van der Waals surface area contributed by atoms with Crippen LogP contribution in [0.3, 0.4) is 0 Å². The molecule has 0 bridgehead atoms. The third-order valence-electron chi connectivity index (χ3n) is 3.70. The number of carbonyl (C=O) groups is 1. The first kappa shape index (κ1) is 19.6. The van der Waals surface area contributed by atoms with Crippen LogP contribution in [0, 0.1) is 18.7 Å². The van der Waals surface area contributed by atoms with Gasteiger partial charge in [0.1, 0.15) is 17.3 Å². The molecule has 2 aromatic rings. The van der Waals surface area contributed by atoms with E-state index >= 15 is 0 Å². The van der Waals surface area contributed by atoms with Crippen molar-refractivity contribution in [3.63, 3.8) is 0 Å². The van der Waals surface area contributed by atoms with E-state index in [0.29, 0.717) is 6.07 Å². The van der Waals surface area contributed by atoms with Gasteiger partial charge in [-0.05, 0) is 30.5 Å². The fourth-order valence-corrected chi connectivity index (χ4v) is 2.50. The summed E-state index contributed by atoms with van der Waals surface area (Å²) >= 11 is 0. The minimum absolute atomic E-state index is 0.135. The molecule has 0 fully saturated rings. The van der Waals surface area contributed by atoms with Gasteiger partial charge in [-0.2, -0.15) is 13.2 Å². The summed E-state index contributed by atoms with van der Waals surface area (Å²) in [5, 5.41) is 2.59. The Morgan fingerprint density at radius 2 is 1.88 bits per heavy atom. The average molecular weight is 371 g/mol. The van der Waals surface area contributed by atoms with Crippen LogP contribution in [0.2, 0.25) is 0 Å². The highest BCUT2D eigenvalue weighted by Gasteiger charge is 2.34. The van der Waals surface area contributed by atoms with Gasteiger partial charge in [0, 0.05) is 6.07 Å². The number of rotatable bonds is 4. The lowest BCUT2D eigenvalue weighted by atomic mass is 9.94. The Balaban J connectivity index is 2.33. The van der Waals surface area contributed by atoms with Crippen LogP contribution in [0.1, 0.15) is 47.3 Å². The van der Waals surface area contributed by atoms with Gasteiger partial charge in [-0.1, -0.05) is 19.9 Å². The van der Waals surface area contributed by atoms with Crippen molar-refractivity contribution in [3.8, 4) is 0 Å². The number of hydrogen-bond donors (Lipinski definition) is 2. The van der Waals surface area contributed by atoms with E-state index in [1.54, 1.807) is 13.8 Å². The first-order valence-corrected chi connectivity index (χ1v) is 7.74. The second kappa shape index (κ2) is 7.27. The molecule has 140 valence electrons. The van der Waals surface area contributed by atoms with E-state index in [2.05, 4.69) is 15.3 Å². The molecule has 0 radical (unpaired) electrons. The summed E-state index contributed by atoms with van der Waals surface area (Å²) in [6.45, 7) is 4.94. The zero-order chi connectivity index (χ0) is 19.6. The van der Waals surface area contributed by atoms with E-state index in [0.717, 1.165) is 18.2 Å².